The van der Waals surface area contributed by atoms with Gasteiger partial charge in [-0.15, -0.1) is 0 Å². The summed E-state index contributed by atoms with van der Waals surface area (Å²) in [6.07, 6.45) is 6.46. The Morgan fingerprint density at radius 3 is 2.68 bits per heavy atom. The van der Waals surface area contributed by atoms with Gasteiger partial charge in [-0.1, -0.05) is 18.2 Å². The molecule has 2 heterocycles. The van der Waals surface area contributed by atoms with Crippen molar-refractivity contribution in [3.05, 3.63) is 48.2 Å². The number of aromatic amines is 1. The summed E-state index contributed by atoms with van der Waals surface area (Å²) in [5, 5.41) is 8.32. The van der Waals surface area contributed by atoms with E-state index < -0.39 is 17.2 Å². The Morgan fingerprint density at radius 2 is 2.00 bits per heavy atom. The topological polar surface area (TPSA) is 84.8 Å². The summed E-state index contributed by atoms with van der Waals surface area (Å²) in [7, 11) is 0. The average molecular weight is 383 g/mol. The molecule has 0 unspecified atom stereocenters. The lowest BCUT2D eigenvalue weighted by atomic mass is 9.94. The maximum absolute atomic E-state index is 12.2. The second kappa shape index (κ2) is 7.66. The first kappa shape index (κ1) is 19.9. The van der Waals surface area contributed by atoms with Crippen molar-refractivity contribution in [1.29, 1.82) is 0 Å². The fraction of sp³-hybridized carbons (Fsp3) is 0.476. The maximum Gasteiger partial charge on any atom is 0.408 e. The molecule has 0 aliphatic heterocycles. The van der Waals surface area contributed by atoms with Crippen LogP contribution in [0.4, 0.5) is 4.79 Å². The van der Waals surface area contributed by atoms with Gasteiger partial charge in [-0.25, -0.2) is 9.78 Å². The minimum Gasteiger partial charge on any atom is -0.444 e. The van der Waals surface area contributed by atoms with E-state index in [9.17, 15) is 4.79 Å². The Kier molecular flexibility index (Phi) is 5.45. The van der Waals surface area contributed by atoms with Crippen LogP contribution in [0, 0.1) is 0 Å². The number of carbonyl (C=O) groups excluding carboxylic acids is 1. The van der Waals surface area contributed by atoms with Gasteiger partial charge in [-0.05, 0) is 58.6 Å². The van der Waals surface area contributed by atoms with Gasteiger partial charge in [-0.3, -0.25) is 4.68 Å². The molecule has 0 aliphatic carbocycles. The number of fused-ring (bicyclic) bond motifs is 1. The highest BCUT2D eigenvalue weighted by Crippen LogP contribution is 2.26. The van der Waals surface area contributed by atoms with E-state index in [0.717, 1.165) is 18.5 Å². The normalized spacial score (nSPS) is 12.3. The van der Waals surface area contributed by atoms with E-state index >= 15 is 0 Å². The van der Waals surface area contributed by atoms with Gasteiger partial charge in [0, 0.05) is 29.2 Å². The van der Waals surface area contributed by atoms with Gasteiger partial charge in [0.2, 0.25) is 0 Å². The fourth-order valence-corrected chi connectivity index (χ4v) is 3.31. The number of para-hydroxylation sites is 1. The largest absolute Gasteiger partial charge is 0.444 e. The molecule has 0 saturated heterocycles. The van der Waals surface area contributed by atoms with Crippen LogP contribution in [-0.4, -0.2) is 37.0 Å². The Labute approximate surface area is 165 Å². The second-order valence-corrected chi connectivity index (χ2v) is 8.75. The van der Waals surface area contributed by atoms with Crippen LogP contribution in [0.25, 0.3) is 10.9 Å². The Hall–Kier alpha value is -2.83. The number of hydrogen-bond acceptors (Lipinski definition) is 4. The highest BCUT2D eigenvalue weighted by Gasteiger charge is 2.26. The molecule has 2 aromatic heterocycles. The predicted octanol–water partition coefficient (Wildman–Crippen LogP) is 3.85. The van der Waals surface area contributed by atoms with Gasteiger partial charge in [-0.2, -0.15) is 5.10 Å². The zero-order chi connectivity index (χ0) is 20.4. The molecule has 0 fully saturated rings. The fourth-order valence-electron chi connectivity index (χ4n) is 3.31. The number of aryl methyl sites for hydroxylation is 2. The summed E-state index contributed by atoms with van der Waals surface area (Å²) in [4.78, 5) is 19.6. The van der Waals surface area contributed by atoms with Gasteiger partial charge in [0.25, 0.3) is 0 Å². The van der Waals surface area contributed by atoms with E-state index in [1.807, 2.05) is 45.5 Å². The zero-order valence-corrected chi connectivity index (χ0v) is 17.2. The highest BCUT2D eigenvalue weighted by atomic mass is 16.6. The van der Waals surface area contributed by atoms with Crippen LogP contribution in [0.1, 0.15) is 45.7 Å². The summed E-state index contributed by atoms with van der Waals surface area (Å²) in [5.74, 6) is 0. The first-order valence-corrected chi connectivity index (χ1v) is 9.54. The molecule has 7 heteroatoms. The lowest BCUT2D eigenvalue weighted by Gasteiger charge is -2.28. The zero-order valence-electron chi connectivity index (χ0n) is 17.2. The summed E-state index contributed by atoms with van der Waals surface area (Å²) >= 11 is 0. The molecule has 0 aliphatic rings. The first-order valence-electron chi connectivity index (χ1n) is 9.54. The van der Waals surface area contributed by atoms with Crippen molar-refractivity contribution in [2.75, 3.05) is 0 Å². The standard InChI is InChI=1S/C21H29N5O2/c1-20(2,3)28-19(27)25-21(4,5)11-16-12-23-18-15(7-6-8-17(16)18)9-10-26-14-22-13-24-26/h6-8,12-14,23H,9-11H2,1-5H3,(H,25,27). The number of nitrogens with zero attached hydrogens (tertiary/aromatic N) is 3. The lowest BCUT2D eigenvalue weighted by molar-refractivity contribution is 0.0472. The first-order chi connectivity index (χ1) is 13.1. The molecule has 2 N–H and O–H groups in total. The molecule has 3 aromatic rings. The van der Waals surface area contributed by atoms with Crippen LogP contribution in [0.5, 0.6) is 0 Å². The summed E-state index contributed by atoms with van der Waals surface area (Å²) in [6, 6.07) is 6.32. The van der Waals surface area contributed by atoms with Gasteiger partial charge in [0.1, 0.15) is 18.3 Å². The number of aromatic nitrogens is 4. The highest BCUT2D eigenvalue weighted by molar-refractivity contribution is 5.86. The molecular weight excluding hydrogens is 354 g/mol. The van der Waals surface area contributed by atoms with E-state index in [4.69, 9.17) is 4.74 Å². The van der Waals surface area contributed by atoms with E-state index in [2.05, 4.69) is 38.6 Å². The summed E-state index contributed by atoms with van der Waals surface area (Å²) in [5.41, 5.74) is 2.58. The van der Waals surface area contributed by atoms with Crippen molar-refractivity contribution >= 4 is 17.0 Å². The van der Waals surface area contributed by atoms with Crippen molar-refractivity contribution in [2.24, 2.45) is 0 Å². The number of hydrogen-bond donors (Lipinski definition) is 2. The van der Waals surface area contributed by atoms with Crippen molar-refractivity contribution < 1.29 is 9.53 Å². The number of carbonyl (C=O) groups is 1. The number of benzene rings is 1. The molecule has 7 nitrogen and oxygen atoms in total. The lowest BCUT2D eigenvalue weighted by Crippen LogP contribution is -2.47. The molecule has 1 aromatic carbocycles. The Morgan fingerprint density at radius 1 is 1.21 bits per heavy atom. The quantitative estimate of drug-likeness (QED) is 0.677. The molecule has 3 rings (SSSR count). The van der Waals surface area contributed by atoms with Crippen molar-refractivity contribution in [2.45, 2.75) is 65.1 Å². The second-order valence-electron chi connectivity index (χ2n) is 8.75. The molecule has 28 heavy (non-hydrogen) atoms. The third kappa shape index (κ3) is 5.12. The van der Waals surface area contributed by atoms with Gasteiger partial charge < -0.3 is 15.0 Å². The molecule has 150 valence electrons. The number of rotatable bonds is 6. The van der Waals surface area contributed by atoms with Gasteiger partial charge in [0.05, 0.1) is 0 Å². The van der Waals surface area contributed by atoms with E-state index in [0.29, 0.717) is 6.42 Å². The van der Waals surface area contributed by atoms with Gasteiger partial charge in [0.15, 0.2) is 0 Å². The molecule has 0 atom stereocenters. The number of nitrogens with one attached hydrogen (secondary N) is 2. The molecular formula is C21H29N5O2. The van der Waals surface area contributed by atoms with Crippen LogP contribution >= 0.6 is 0 Å². The summed E-state index contributed by atoms with van der Waals surface area (Å²) in [6.45, 7) is 10.4. The van der Waals surface area contributed by atoms with Crippen LogP contribution in [0.2, 0.25) is 0 Å². The van der Waals surface area contributed by atoms with Crippen LogP contribution in [0.3, 0.4) is 0 Å². The maximum atomic E-state index is 12.2. The minimum absolute atomic E-state index is 0.397. The molecule has 0 spiro atoms. The molecule has 0 bridgehead atoms. The molecule has 0 saturated carbocycles. The van der Waals surface area contributed by atoms with Crippen LogP contribution in [0.15, 0.2) is 37.1 Å². The predicted molar refractivity (Wildman–Crippen MR) is 109 cm³/mol. The molecule has 0 radical (unpaired) electrons. The van der Waals surface area contributed by atoms with Crippen LogP contribution < -0.4 is 5.32 Å². The van der Waals surface area contributed by atoms with Crippen molar-refractivity contribution in [3.8, 4) is 0 Å². The smallest absolute Gasteiger partial charge is 0.408 e. The van der Waals surface area contributed by atoms with E-state index in [-0.39, 0.29) is 0 Å². The SMILES string of the molecule is CC(C)(Cc1c[nH]c2c(CCn3cncn3)cccc12)NC(=O)OC(C)(C)C. The van der Waals surface area contributed by atoms with Crippen LogP contribution in [-0.2, 0) is 24.1 Å². The van der Waals surface area contributed by atoms with Gasteiger partial charge >= 0.3 is 6.09 Å². The number of H-pyrrole nitrogens is 1. The Bertz CT molecular complexity index is 936. The minimum atomic E-state index is -0.514. The van der Waals surface area contributed by atoms with E-state index in [1.165, 1.54) is 16.5 Å². The Balaban J connectivity index is 1.73. The van der Waals surface area contributed by atoms with E-state index in [1.54, 1.807) is 12.7 Å². The number of ether oxygens (including phenoxy) is 1. The summed E-state index contributed by atoms with van der Waals surface area (Å²) < 4.78 is 7.23. The number of alkyl carbamates (subject to hydrolysis) is 1. The van der Waals surface area contributed by atoms with Crippen molar-refractivity contribution in [1.82, 2.24) is 25.1 Å². The molecule has 1 amide bonds. The van der Waals surface area contributed by atoms with Crippen molar-refractivity contribution in [3.63, 3.8) is 0 Å². The third-order valence-electron chi connectivity index (χ3n) is 4.44. The third-order valence-corrected chi connectivity index (χ3v) is 4.44. The monoisotopic (exact) mass is 383 g/mol. The number of amides is 1. The average Bonchev–Trinajstić information content (AvgIpc) is 3.20.